The van der Waals surface area contributed by atoms with E-state index >= 15 is 0 Å². The first-order valence-electron chi connectivity index (χ1n) is 2.60. The largest absolute Gasteiger partial charge is 0.458 e. The number of carbonyl (C=O) groups is 2. The Hall–Kier alpha value is -0.900. The molecule has 0 spiro atoms. The van der Waals surface area contributed by atoms with Gasteiger partial charge in [-0.2, -0.15) is 0 Å². The minimum atomic E-state index is -0.426. The first-order chi connectivity index (χ1) is 4.31. The van der Waals surface area contributed by atoms with Crippen LogP contribution in [-0.2, 0) is 14.3 Å². The van der Waals surface area contributed by atoms with E-state index in [1.54, 1.807) is 0 Å². The number of nitrogens with two attached hydrogens (primary N) is 1. The maximum Gasteiger partial charge on any atom is 0.307 e. The molecule has 0 atom stereocenters. The third-order valence-corrected chi connectivity index (χ3v) is 0.661. The van der Waals surface area contributed by atoms with Gasteiger partial charge < -0.3 is 10.5 Å². The quantitative estimate of drug-likeness (QED) is 0.395. The molecule has 9 heavy (non-hydrogen) atoms. The van der Waals surface area contributed by atoms with Crippen LogP contribution in [-0.4, -0.2) is 25.4 Å². The number of carbonyl (C=O) groups excluding carboxylic acids is 2. The smallest absolute Gasteiger partial charge is 0.307 e. The molecule has 0 aromatic heterocycles. The molecule has 0 fully saturated rings. The van der Waals surface area contributed by atoms with Crippen molar-refractivity contribution in [3.05, 3.63) is 0 Å². The first-order valence-corrected chi connectivity index (χ1v) is 2.60. The van der Waals surface area contributed by atoms with Crippen molar-refractivity contribution in [3.8, 4) is 0 Å². The number of rotatable bonds is 4. The molecule has 0 aromatic rings. The summed E-state index contributed by atoms with van der Waals surface area (Å²) in [5.74, 6) is -0.426. The van der Waals surface area contributed by atoms with E-state index in [0.717, 1.165) is 0 Å². The van der Waals surface area contributed by atoms with Crippen molar-refractivity contribution in [1.82, 2.24) is 0 Å². The van der Waals surface area contributed by atoms with Crippen molar-refractivity contribution in [2.24, 2.45) is 5.73 Å². The third-order valence-electron chi connectivity index (χ3n) is 0.661. The average molecular weight is 131 g/mol. The zero-order valence-corrected chi connectivity index (χ0v) is 5.00. The van der Waals surface area contributed by atoms with Gasteiger partial charge in [-0.05, 0) is 0 Å². The van der Waals surface area contributed by atoms with E-state index in [1.807, 2.05) is 0 Å². The third kappa shape index (κ3) is 4.96. The van der Waals surface area contributed by atoms with Gasteiger partial charge >= 0.3 is 5.97 Å². The summed E-state index contributed by atoms with van der Waals surface area (Å²) in [7, 11) is 0. The Balaban J connectivity index is 3.16. The maximum atomic E-state index is 10.3. The van der Waals surface area contributed by atoms with Crippen LogP contribution in [0.5, 0.6) is 0 Å². The van der Waals surface area contributed by atoms with Gasteiger partial charge in [-0.3, -0.25) is 9.59 Å². The van der Waals surface area contributed by atoms with Crippen LogP contribution in [0.2, 0.25) is 0 Å². The standard InChI is InChI=1S/C5H9NO3/c6-2-1-5(8)9-4-3-7/h3H,1-2,4,6H2. The van der Waals surface area contributed by atoms with Crippen LogP contribution in [0, 0.1) is 0 Å². The Morgan fingerprint density at radius 2 is 2.33 bits per heavy atom. The molecule has 0 aliphatic heterocycles. The lowest BCUT2D eigenvalue weighted by Gasteiger charge is -1.95. The van der Waals surface area contributed by atoms with Crippen LogP contribution in [0.25, 0.3) is 0 Å². The predicted octanol–water partition coefficient (Wildman–Crippen LogP) is -0.923. The Labute approximate surface area is 53.0 Å². The van der Waals surface area contributed by atoms with E-state index < -0.39 is 5.97 Å². The second-order valence-electron chi connectivity index (χ2n) is 1.39. The lowest BCUT2D eigenvalue weighted by atomic mass is 10.4. The Bertz CT molecular complexity index is 102. The molecule has 0 saturated carbocycles. The maximum absolute atomic E-state index is 10.3. The van der Waals surface area contributed by atoms with Gasteiger partial charge in [0.25, 0.3) is 0 Å². The molecule has 2 N–H and O–H groups in total. The second kappa shape index (κ2) is 5.24. The van der Waals surface area contributed by atoms with E-state index in [2.05, 4.69) is 4.74 Å². The molecule has 0 unspecified atom stereocenters. The van der Waals surface area contributed by atoms with Crippen LogP contribution >= 0.6 is 0 Å². The van der Waals surface area contributed by atoms with Crippen molar-refractivity contribution in [1.29, 1.82) is 0 Å². The summed E-state index contributed by atoms with van der Waals surface area (Å²) in [6.07, 6.45) is 0.697. The number of esters is 1. The van der Waals surface area contributed by atoms with Crippen molar-refractivity contribution in [3.63, 3.8) is 0 Å². The summed E-state index contributed by atoms with van der Waals surface area (Å²) < 4.78 is 4.34. The van der Waals surface area contributed by atoms with E-state index in [4.69, 9.17) is 5.73 Å². The molecule has 52 valence electrons. The van der Waals surface area contributed by atoms with Crippen molar-refractivity contribution < 1.29 is 14.3 Å². The number of hydrogen-bond acceptors (Lipinski definition) is 4. The molecule has 0 bridgehead atoms. The average Bonchev–Trinajstić information content (AvgIpc) is 1.85. The minimum Gasteiger partial charge on any atom is -0.458 e. The van der Waals surface area contributed by atoms with Crippen LogP contribution in [0.1, 0.15) is 6.42 Å². The highest BCUT2D eigenvalue weighted by Gasteiger charge is 1.97. The summed E-state index contributed by atoms with van der Waals surface area (Å²) in [5.41, 5.74) is 5.01. The summed E-state index contributed by atoms with van der Waals surface area (Å²) >= 11 is 0. The first kappa shape index (κ1) is 8.10. The van der Waals surface area contributed by atoms with E-state index in [1.165, 1.54) is 0 Å². The molecular weight excluding hydrogens is 122 g/mol. The number of aldehydes is 1. The zero-order chi connectivity index (χ0) is 7.11. The summed E-state index contributed by atoms with van der Waals surface area (Å²) in [6.45, 7) is 0.0938. The van der Waals surface area contributed by atoms with E-state index in [0.29, 0.717) is 6.29 Å². The monoisotopic (exact) mass is 131 g/mol. The molecule has 0 aromatic carbocycles. The summed E-state index contributed by atoms with van der Waals surface area (Å²) in [6, 6.07) is 0. The Morgan fingerprint density at radius 3 is 2.78 bits per heavy atom. The Kier molecular flexibility index (Phi) is 4.72. The molecule has 0 heterocycles. The lowest BCUT2D eigenvalue weighted by Crippen LogP contribution is -2.11. The topological polar surface area (TPSA) is 69.4 Å². The zero-order valence-electron chi connectivity index (χ0n) is 5.00. The highest BCUT2D eigenvalue weighted by Crippen LogP contribution is 1.80. The van der Waals surface area contributed by atoms with Gasteiger partial charge in [0.15, 0.2) is 6.29 Å². The van der Waals surface area contributed by atoms with Gasteiger partial charge in [0, 0.05) is 6.54 Å². The predicted molar refractivity (Wildman–Crippen MR) is 30.7 cm³/mol. The molecule has 0 saturated heterocycles. The van der Waals surface area contributed by atoms with Crippen LogP contribution in [0.4, 0.5) is 0 Å². The van der Waals surface area contributed by atoms with E-state index in [-0.39, 0.29) is 19.6 Å². The summed E-state index contributed by atoms with van der Waals surface area (Å²) in [4.78, 5) is 19.9. The molecule has 4 nitrogen and oxygen atoms in total. The molecule has 0 aliphatic rings. The minimum absolute atomic E-state index is 0.168. The van der Waals surface area contributed by atoms with Gasteiger partial charge in [-0.1, -0.05) is 0 Å². The SMILES string of the molecule is NCCC(=O)OCC=O. The van der Waals surface area contributed by atoms with Crippen molar-refractivity contribution in [2.75, 3.05) is 13.2 Å². The molecule has 0 rings (SSSR count). The van der Waals surface area contributed by atoms with Crippen LogP contribution in [0.15, 0.2) is 0 Å². The fourth-order valence-corrected chi connectivity index (χ4v) is 0.317. The molecule has 0 amide bonds. The van der Waals surface area contributed by atoms with Crippen molar-refractivity contribution in [2.45, 2.75) is 6.42 Å². The van der Waals surface area contributed by atoms with Crippen LogP contribution in [0.3, 0.4) is 0 Å². The van der Waals surface area contributed by atoms with Gasteiger partial charge in [0.05, 0.1) is 6.42 Å². The molecular formula is C5H9NO3. The number of ether oxygens (including phenoxy) is 1. The van der Waals surface area contributed by atoms with Gasteiger partial charge in [0.2, 0.25) is 0 Å². The van der Waals surface area contributed by atoms with Crippen molar-refractivity contribution >= 4 is 12.3 Å². The highest BCUT2D eigenvalue weighted by atomic mass is 16.5. The highest BCUT2D eigenvalue weighted by molar-refractivity contribution is 5.71. The number of hydrogen-bond donors (Lipinski definition) is 1. The fraction of sp³-hybridized carbons (Fsp3) is 0.600. The van der Waals surface area contributed by atoms with E-state index in [9.17, 15) is 9.59 Å². The normalized spacial score (nSPS) is 8.56. The Morgan fingerprint density at radius 1 is 1.67 bits per heavy atom. The summed E-state index contributed by atoms with van der Waals surface area (Å²) in [5, 5.41) is 0. The lowest BCUT2D eigenvalue weighted by molar-refractivity contribution is -0.145. The second-order valence-corrected chi connectivity index (χ2v) is 1.39. The fourth-order valence-electron chi connectivity index (χ4n) is 0.317. The van der Waals surface area contributed by atoms with Gasteiger partial charge in [-0.15, -0.1) is 0 Å². The van der Waals surface area contributed by atoms with Crippen LogP contribution < -0.4 is 5.73 Å². The van der Waals surface area contributed by atoms with Gasteiger partial charge in [0.1, 0.15) is 6.61 Å². The molecule has 0 radical (unpaired) electrons. The molecule has 0 aliphatic carbocycles. The molecule has 4 heteroatoms. The van der Waals surface area contributed by atoms with Gasteiger partial charge in [-0.25, -0.2) is 0 Å².